The lowest BCUT2D eigenvalue weighted by molar-refractivity contribution is 0.0983. The summed E-state index contributed by atoms with van der Waals surface area (Å²) in [5, 5.41) is 2.94. The van der Waals surface area contributed by atoms with Crippen molar-refractivity contribution in [2.45, 2.75) is 6.92 Å². The molecule has 0 aliphatic carbocycles. The van der Waals surface area contributed by atoms with Crippen LogP contribution in [0.3, 0.4) is 0 Å². The molecule has 0 spiro atoms. The van der Waals surface area contributed by atoms with E-state index in [2.05, 4.69) is 10.3 Å². The largest absolute Gasteiger partial charge is 0.373 e. The van der Waals surface area contributed by atoms with Gasteiger partial charge in [0.2, 0.25) is 0 Å². The molecule has 1 aromatic carbocycles. The van der Waals surface area contributed by atoms with Gasteiger partial charge in [-0.25, -0.2) is 4.98 Å². The zero-order valence-corrected chi connectivity index (χ0v) is 11.1. The summed E-state index contributed by atoms with van der Waals surface area (Å²) in [6.07, 6.45) is 0. The molecule has 2 aromatic rings. The fourth-order valence-corrected chi connectivity index (χ4v) is 1.88. The van der Waals surface area contributed by atoms with E-state index < -0.39 is 0 Å². The van der Waals surface area contributed by atoms with Crippen LogP contribution < -0.4 is 10.2 Å². The highest BCUT2D eigenvalue weighted by Gasteiger charge is 2.17. The van der Waals surface area contributed by atoms with Crippen LogP contribution in [0.15, 0.2) is 48.5 Å². The molecule has 1 aromatic heterocycles. The zero-order chi connectivity index (χ0) is 13.7. The Morgan fingerprint density at radius 1 is 1.16 bits per heavy atom. The standard InChI is InChI=1S/C15H17N3O/c1-3-18(12-8-5-4-6-9-12)15(19)13-10-7-11-14(16-2)17-13/h4-11H,3H2,1-2H3,(H,16,17). The van der Waals surface area contributed by atoms with Crippen LogP contribution in [0.1, 0.15) is 17.4 Å². The minimum atomic E-state index is -0.0919. The van der Waals surface area contributed by atoms with Gasteiger partial charge in [0.05, 0.1) is 0 Å². The molecule has 4 heteroatoms. The van der Waals surface area contributed by atoms with Crippen molar-refractivity contribution in [1.29, 1.82) is 0 Å². The molecule has 0 saturated heterocycles. The molecule has 0 saturated carbocycles. The van der Waals surface area contributed by atoms with E-state index in [1.165, 1.54) is 0 Å². The van der Waals surface area contributed by atoms with Crippen LogP contribution in [0, 0.1) is 0 Å². The quantitative estimate of drug-likeness (QED) is 0.913. The molecule has 4 nitrogen and oxygen atoms in total. The smallest absolute Gasteiger partial charge is 0.276 e. The van der Waals surface area contributed by atoms with E-state index >= 15 is 0 Å². The van der Waals surface area contributed by atoms with Crippen LogP contribution in [-0.2, 0) is 0 Å². The number of anilines is 2. The lowest BCUT2D eigenvalue weighted by Gasteiger charge is -2.20. The number of benzene rings is 1. The maximum atomic E-state index is 12.5. The number of aromatic nitrogens is 1. The molecule has 0 bridgehead atoms. The summed E-state index contributed by atoms with van der Waals surface area (Å²) in [4.78, 5) is 18.5. The SMILES string of the molecule is CCN(C(=O)c1cccc(NC)n1)c1ccccc1. The molecular formula is C15H17N3O. The molecule has 2 rings (SSSR count). The Labute approximate surface area is 113 Å². The third-order valence-electron chi connectivity index (χ3n) is 2.85. The molecule has 1 heterocycles. The monoisotopic (exact) mass is 255 g/mol. The summed E-state index contributed by atoms with van der Waals surface area (Å²) < 4.78 is 0. The first-order valence-corrected chi connectivity index (χ1v) is 6.28. The van der Waals surface area contributed by atoms with Crippen molar-refractivity contribution in [1.82, 2.24) is 4.98 Å². The minimum absolute atomic E-state index is 0.0919. The van der Waals surface area contributed by atoms with Crippen molar-refractivity contribution in [3.05, 3.63) is 54.2 Å². The van der Waals surface area contributed by atoms with E-state index in [-0.39, 0.29) is 5.91 Å². The third-order valence-corrected chi connectivity index (χ3v) is 2.85. The molecule has 0 unspecified atom stereocenters. The molecule has 0 aliphatic rings. The predicted octanol–water partition coefficient (Wildman–Crippen LogP) is 2.79. The van der Waals surface area contributed by atoms with Crippen molar-refractivity contribution in [2.75, 3.05) is 23.8 Å². The second kappa shape index (κ2) is 6.00. The molecule has 0 atom stereocenters. The Hall–Kier alpha value is -2.36. The highest BCUT2D eigenvalue weighted by Crippen LogP contribution is 2.16. The molecule has 0 radical (unpaired) electrons. The number of carbonyl (C=O) groups is 1. The van der Waals surface area contributed by atoms with E-state index in [1.54, 1.807) is 18.0 Å². The Morgan fingerprint density at radius 3 is 2.53 bits per heavy atom. The Balaban J connectivity index is 2.30. The molecular weight excluding hydrogens is 238 g/mol. The topological polar surface area (TPSA) is 45.2 Å². The van der Waals surface area contributed by atoms with Crippen LogP contribution in [0.5, 0.6) is 0 Å². The van der Waals surface area contributed by atoms with Gasteiger partial charge in [-0.15, -0.1) is 0 Å². The van der Waals surface area contributed by atoms with Crippen molar-refractivity contribution in [2.24, 2.45) is 0 Å². The van der Waals surface area contributed by atoms with Crippen LogP contribution in [0.4, 0.5) is 11.5 Å². The van der Waals surface area contributed by atoms with Crippen LogP contribution >= 0.6 is 0 Å². The van der Waals surface area contributed by atoms with Gasteiger partial charge in [0, 0.05) is 19.3 Å². The Kier molecular flexibility index (Phi) is 4.13. The third kappa shape index (κ3) is 2.91. The van der Waals surface area contributed by atoms with E-state index in [4.69, 9.17) is 0 Å². The molecule has 1 N–H and O–H groups in total. The van der Waals surface area contributed by atoms with Gasteiger partial charge in [-0.1, -0.05) is 24.3 Å². The van der Waals surface area contributed by atoms with Crippen LogP contribution in [-0.4, -0.2) is 24.5 Å². The number of carbonyl (C=O) groups excluding carboxylic acids is 1. The van der Waals surface area contributed by atoms with E-state index in [0.717, 1.165) is 5.69 Å². The van der Waals surface area contributed by atoms with Gasteiger partial charge in [-0.3, -0.25) is 4.79 Å². The van der Waals surface area contributed by atoms with Gasteiger partial charge in [0.15, 0.2) is 0 Å². The maximum Gasteiger partial charge on any atom is 0.276 e. The first-order valence-electron chi connectivity index (χ1n) is 6.28. The van der Waals surface area contributed by atoms with Gasteiger partial charge in [-0.2, -0.15) is 0 Å². The predicted molar refractivity (Wildman–Crippen MR) is 77.6 cm³/mol. The summed E-state index contributed by atoms with van der Waals surface area (Å²) >= 11 is 0. The molecule has 19 heavy (non-hydrogen) atoms. The average molecular weight is 255 g/mol. The first kappa shape index (κ1) is 13.1. The highest BCUT2D eigenvalue weighted by molar-refractivity contribution is 6.04. The Bertz CT molecular complexity index is 554. The second-order valence-corrected chi connectivity index (χ2v) is 4.04. The lowest BCUT2D eigenvalue weighted by atomic mass is 10.2. The summed E-state index contributed by atoms with van der Waals surface area (Å²) in [7, 11) is 1.78. The summed E-state index contributed by atoms with van der Waals surface area (Å²) in [5.41, 5.74) is 1.32. The first-order chi connectivity index (χ1) is 9.26. The van der Waals surface area contributed by atoms with Gasteiger partial charge in [0.25, 0.3) is 5.91 Å². The van der Waals surface area contributed by atoms with Crippen molar-refractivity contribution >= 4 is 17.4 Å². The van der Waals surface area contributed by atoms with Crippen molar-refractivity contribution < 1.29 is 4.79 Å². The average Bonchev–Trinajstić information content (AvgIpc) is 2.49. The van der Waals surface area contributed by atoms with Crippen molar-refractivity contribution in [3.8, 4) is 0 Å². The van der Waals surface area contributed by atoms with E-state index in [9.17, 15) is 4.79 Å². The van der Waals surface area contributed by atoms with E-state index in [0.29, 0.717) is 18.1 Å². The van der Waals surface area contributed by atoms with Crippen LogP contribution in [0.25, 0.3) is 0 Å². The van der Waals surface area contributed by atoms with Crippen LogP contribution in [0.2, 0.25) is 0 Å². The lowest BCUT2D eigenvalue weighted by Crippen LogP contribution is -2.31. The van der Waals surface area contributed by atoms with Gasteiger partial charge < -0.3 is 10.2 Å². The Morgan fingerprint density at radius 2 is 1.89 bits per heavy atom. The fraction of sp³-hybridized carbons (Fsp3) is 0.200. The maximum absolute atomic E-state index is 12.5. The fourth-order valence-electron chi connectivity index (χ4n) is 1.88. The molecule has 1 amide bonds. The molecule has 0 fully saturated rings. The number of rotatable bonds is 4. The minimum Gasteiger partial charge on any atom is -0.373 e. The summed E-state index contributed by atoms with van der Waals surface area (Å²) in [6.45, 7) is 2.56. The number of pyridine rings is 1. The highest BCUT2D eigenvalue weighted by atomic mass is 16.2. The van der Waals surface area contributed by atoms with Gasteiger partial charge in [0.1, 0.15) is 11.5 Å². The summed E-state index contributed by atoms with van der Waals surface area (Å²) in [5.74, 6) is 0.598. The molecule has 0 aliphatic heterocycles. The number of para-hydroxylation sites is 1. The number of nitrogens with zero attached hydrogens (tertiary/aromatic N) is 2. The van der Waals surface area contributed by atoms with Gasteiger partial charge >= 0.3 is 0 Å². The number of hydrogen-bond donors (Lipinski definition) is 1. The number of hydrogen-bond acceptors (Lipinski definition) is 3. The molecule has 98 valence electrons. The number of amides is 1. The van der Waals surface area contributed by atoms with Crippen molar-refractivity contribution in [3.63, 3.8) is 0 Å². The second-order valence-electron chi connectivity index (χ2n) is 4.04. The normalized spacial score (nSPS) is 10.0. The van der Waals surface area contributed by atoms with Gasteiger partial charge in [-0.05, 0) is 31.2 Å². The summed E-state index contributed by atoms with van der Waals surface area (Å²) in [6, 6.07) is 15.0. The zero-order valence-electron chi connectivity index (χ0n) is 11.1. The van der Waals surface area contributed by atoms with E-state index in [1.807, 2.05) is 49.4 Å². The number of nitrogens with one attached hydrogen (secondary N) is 1.